The van der Waals surface area contributed by atoms with E-state index in [1.54, 1.807) is 0 Å². The maximum Gasteiger partial charge on any atom is 0.258 e. The van der Waals surface area contributed by atoms with Crippen molar-refractivity contribution < 1.29 is 5.21 Å². The summed E-state index contributed by atoms with van der Waals surface area (Å²) in [5.41, 5.74) is 11.7. The Morgan fingerprint density at radius 1 is 1.41 bits per heavy atom. The molecule has 6 N–H and O–H groups in total. The highest BCUT2D eigenvalue weighted by Crippen LogP contribution is 2.31. The summed E-state index contributed by atoms with van der Waals surface area (Å²) in [6, 6.07) is 0. The van der Waals surface area contributed by atoms with Crippen LogP contribution in [0.4, 0.5) is 11.8 Å². The van der Waals surface area contributed by atoms with Gasteiger partial charge in [-0.15, -0.1) is 0 Å². The van der Waals surface area contributed by atoms with Gasteiger partial charge >= 0.3 is 0 Å². The van der Waals surface area contributed by atoms with Crippen LogP contribution in [0.25, 0.3) is 0 Å². The van der Waals surface area contributed by atoms with Crippen LogP contribution in [0.3, 0.4) is 0 Å². The zero-order valence-corrected chi connectivity index (χ0v) is 9.31. The third kappa shape index (κ3) is 2.08. The molecule has 1 fully saturated rings. The Bertz CT molecular complexity index is 508. The highest BCUT2D eigenvalue weighted by Gasteiger charge is 2.27. The highest BCUT2D eigenvalue weighted by molar-refractivity contribution is 5.92. The Kier molecular flexibility index (Phi) is 2.99. The summed E-state index contributed by atoms with van der Waals surface area (Å²) >= 11 is 0. The number of rotatable bonds is 1. The molecule has 1 aromatic heterocycles. The van der Waals surface area contributed by atoms with Gasteiger partial charge in [0, 0.05) is 5.92 Å². The fourth-order valence-corrected chi connectivity index (χ4v) is 2.28. The van der Waals surface area contributed by atoms with Gasteiger partial charge in [0.05, 0.1) is 11.3 Å². The van der Waals surface area contributed by atoms with Crippen LogP contribution in [-0.4, -0.2) is 20.9 Å². The molecule has 1 unspecified atom stereocenters. The van der Waals surface area contributed by atoms with Gasteiger partial charge in [-0.3, -0.25) is 9.78 Å². The summed E-state index contributed by atoms with van der Waals surface area (Å²) in [5.74, 6) is -0.153. The highest BCUT2D eigenvalue weighted by atomic mass is 16.4. The first-order chi connectivity index (χ1) is 8.13. The van der Waals surface area contributed by atoms with Crippen molar-refractivity contribution in [2.45, 2.75) is 31.6 Å². The number of anilines is 2. The third-order valence-electron chi connectivity index (χ3n) is 3.06. The number of nitrogens with zero attached hydrogens (tertiary/aromatic N) is 2. The Morgan fingerprint density at radius 2 is 2.18 bits per heavy atom. The van der Waals surface area contributed by atoms with E-state index in [0.717, 1.165) is 19.3 Å². The molecule has 0 aromatic carbocycles. The van der Waals surface area contributed by atoms with Crippen molar-refractivity contribution in [1.29, 1.82) is 0 Å². The van der Waals surface area contributed by atoms with E-state index in [4.69, 9.17) is 16.7 Å². The SMILES string of the molecule is Nc1nc(N)c(C2CCCC/C2=N\O)c(=O)[nH]1. The molecule has 92 valence electrons. The number of nitrogens with two attached hydrogens (primary N) is 2. The fraction of sp³-hybridized carbons (Fsp3) is 0.500. The predicted molar refractivity (Wildman–Crippen MR) is 64.1 cm³/mol. The van der Waals surface area contributed by atoms with E-state index >= 15 is 0 Å². The number of aromatic amines is 1. The third-order valence-corrected chi connectivity index (χ3v) is 3.06. The van der Waals surface area contributed by atoms with E-state index in [1.165, 1.54) is 0 Å². The van der Waals surface area contributed by atoms with Gasteiger partial charge in [0.2, 0.25) is 5.95 Å². The smallest absolute Gasteiger partial charge is 0.258 e. The van der Waals surface area contributed by atoms with Crippen LogP contribution in [0.5, 0.6) is 0 Å². The van der Waals surface area contributed by atoms with Gasteiger partial charge in [-0.05, 0) is 19.3 Å². The molecule has 0 saturated heterocycles. The maximum absolute atomic E-state index is 11.8. The lowest BCUT2D eigenvalue weighted by Gasteiger charge is -2.23. The number of hydrogen-bond donors (Lipinski definition) is 4. The number of nitrogen functional groups attached to an aromatic ring is 2. The lowest BCUT2D eigenvalue weighted by atomic mass is 9.83. The number of H-pyrrole nitrogens is 1. The quantitative estimate of drug-likeness (QED) is 0.415. The summed E-state index contributed by atoms with van der Waals surface area (Å²) in [4.78, 5) is 18.1. The predicted octanol–water partition coefficient (Wildman–Crippen LogP) is 0.422. The topological polar surface area (TPSA) is 130 Å². The molecule has 0 aliphatic heterocycles. The summed E-state index contributed by atoms with van der Waals surface area (Å²) < 4.78 is 0. The van der Waals surface area contributed by atoms with Crippen molar-refractivity contribution in [1.82, 2.24) is 9.97 Å². The van der Waals surface area contributed by atoms with Crippen LogP contribution in [-0.2, 0) is 0 Å². The zero-order chi connectivity index (χ0) is 12.4. The molecule has 1 aliphatic carbocycles. The standard InChI is InChI=1S/C10H15N5O2/c11-8-7(9(16)14-10(12)13-8)5-3-1-2-4-6(5)15-17/h5,17H,1-4H2,(H5,11,12,13,14,16)/b15-6+. The lowest BCUT2D eigenvalue weighted by Crippen LogP contribution is -2.28. The summed E-state index contributed by atoms with van der Waals surface area (Å²) in [7, 11) is 0. The molecule has 1 atom stereocenters. The summed E-state index contributed by atoms with van der Waals surface area (Å²) in [5, 5.41) is 12.2. The van der Waals surface area contributed by atoms with E-state index in [0.29, 0.717) is 17.7 Å². The molecule has 17 heavy (non-hydrogen) atoms. The van der Waals surface area contributed by atoms with Crippen molar-refractivity contribution in [3.05, 3.63) is 15.9 Å². The first kappa shape index (κ1) is 11.4. The first-order valence-electron chi connectivity index (χ1n) is 5.49. The minimum atomic E-state index is -0.358. The Labute approximate surface area is 97.5 Å². The van der Waals surface area contributed by atoms with Gasteiger partial charge in [-0.25, -0.2) is 0 Å². The van der Waals surface area contributed by atoms with Gasteiger partial charge in [0.15, 0.2) is 0 Å². The second-order valence-electron chi connectivity index (χ2n) is 4.14. The minimum absolute atomic E-state index is 0.00505. The van der Waals surface area contributed by atoms with E-state index < -0.39 is 0 Å². The molecular formula is C10H15N5O2. The minimum Gasteiger partial charge on any atom is -0.411 e. The maximum atomic E-state index is 11.8. The van der Waals surface area contributed by atoms with Crippen LogP contribution >= 0.6 is 0 Å². The fourth-order valence-electron chi connectivity index (χ4n) is 2.28. The molecular weight excluding hydrogens is 222 g/mol. The van der Waals surface area contributed by atoms with Crippen LogP contribution in [0, 0.1) is 0 Å². The molecule has 1 heterocycles. The van der Waals surface area contributed by atoms with Gasteiger partial charge in [-0.1, -0.05) is 11.6 Å². The van der Waals surface area contributed by atoms with Crippen LogP contribution < -0.4 is 17.0 Å². The van der Waals surface area contributed by atoms with E-state index in [1.807, 2.05) is 0 Å². The van der Waals surface area contributed by atoms with E-state index in [9.17, 15) is 4.79 Å². The van der Waals surface area contributed by atoms with Gasteiger partial charge < -0.3 is 16.7 Å². The lowest BCUT2D eigenvalue weighted by molar-refractivity contribution is 0.312. The second-order valence-corrected chi connectivity index (χ2v) is 4.14. The molecule has 0 bridgehead atoms. The zero-order valence-electron chi connectivity index (χ0n) is 9.31. The van der Waals surface area contributed by atoms with Crippen molar-refractivity contribution in [3.8, 4) is 0 Å². The average Bonchev–Trinajstić information content (AvgIpc) is 2.28. The van der Waals surface area contributed by atoms with Crippen molar-refractivity contribution in [3.63, 3.8) is 0 Å². The average molecular weight is 237 g/mol. The monoisotopic (exact) mass is 237 g/mol. The van der Waals surface area contributed by atoms with Crippen LogP contribution in [0.2, 0.25) is 0 Å². The number of aromatic nitrogens is 2. The Hall–Kier alpha value is -2.05. The second kappa shape index (κ2) is 4.44. The van der Waals surface area contributed by atoms with Gasteiger partial charge in [0.25, 0.3) is 5.56 Å². The molecule has 1 saturated carbocycles. The van der Waals surface area contributed by atoms with E-state index in [-0.39, 0.29) is 23.2 Å². The molecule has 2 rings (SSSR count). The molecule has 7 nitrogen and oxygen atoms in total. The van der Waals surface area contributed by atoms with Crippen LogP contribution in [0.15, 0.2) is 9.95 Å². The first-order valence-corrected chi connectivity index (χ1v) is 5.49. The van der Waals surface area contributed by atoms with Gasteiger partial charge in [0.1, 0.15) is 5.82 Å². The molecule has 0 radical (unpaired) electrons. The number of hydrogen-bond acceptors (Lipinski definition) is 6. The molecule has 0 spiro atoms. The number of nitrogens with one attached hydrogen (secondary N) is 1. The van der Waals surface area contributed by atoms with Gasteiger partial charge in [-0.2, -0.15) is 4.98 Å². The van der Waals surface area contributed by atoms with Crippen molar-refractivity contribution >= 4 is 17.5 Å². The van der Waals surface area contributed by atoms with Crippen molar-refractivity contribution in [2.24, 2.45) is 5.16 Å². The van der Waals surface area contributed by atoms with E-state index in [2.05, 4.69) is 15.1 Å². The normalized spacial score (nSPS) is 22.8. The molecule has 1 aliphatic rings. The Balaban J connectivity index is 2.49. The molecule has 1 aromatic rings. The molecule has 7 heteroatoms. The number of oxime groups is 1. The summed E-state index contributed by atoms with van der Waals surface area (Å²) in [6.07, 6.45) is 3.33. The van der Waals surface area contributed by atoms with Crippen molar-refractivity contribution in [2.75, 3.05) is 11.5 Å². The largest absolute Gasteiger partial charge is 0.411 e. The van der Waals surface area contributed by atoms with Crippen LogP contribution in [0.1, 0.15) is 37.2 Å². The molecule has 0 amide bonds. The Morgan fingerprint density at radius 3 is 2.82 bits per heavy atom. The summed E-state index contributed by atoms with van der Waals surface area (Å²) in [6.45, 7) is 0.